The number of aromatic nitrogens is 2. The molecule has 3 aromatic rings. The van der Waals surface area contributed by atoms with Crippen molar-refractivity contribution in [3.63, 3.8) is 0 Å². The van der Waals surface area contributed by atoms with Crippen molar-refractivity contribution in [3.05, 3.63) is 65.9 Å². The Morgan fingerprint density at radius 2 is 1.58 bits per heavy atom. The Morgan fingerprint density at radius 1 is 0.939 bits per heavy atom. The number of anilines is 4. The van der Waals surface area contributed by atoms with Crippen molar-refractivity contribution >= 4 is 23.1 Å². The number of alkyl halides is 3. The maximum atomic E-state index is 13.5. The van der Waals surface area contributed by atoms with Crippen molar-refractivity contribution in [2.75, 3.05) is 17.2 Å². The summed E-state index contributed by atoms with van der Waals surface area (Å²) >= 11 is 0. The van der Waals surface area contributed by atoms with Crippen LogP contribution in [-0.4, -0.2) is 16.6 Å². The predicted molar refractivity (Wildman–Crippen MR) is 125 cm³/mol. The highest BCUT2D eigenvalue weighted by Gasteiger charge is 2.35. The molecule has 33 heavy (non-hydrogen) atoms. The first-order chi connectivity index (χ1) is 15.7. The summed E-state index contributed by atoms with van der Waals surface area (Å²) in [6.45, 7) is 6.96. The van der Waals surface area contributed by atoms with E-state index in [9.17, 15) is 13.2 Å². The number of nitrogens with one attached hydrogen (secondary N) is 2. The molecule has 2 aromatic carbocycles. The van der Waals surface area contributed by atoms with Crippen molar-refractivity contribution < 1.29 is 17.9 Å². The summed E-state index contributed by atoms with van der Waals surface area (Å²) in [4.78, 5) is 7.96. The lowest BCUT2D eigenvalue weighted by atomic mass is 10.0. The summed E-state index contributed by atoms with van der Waals surface area (Å²) < 4.78 is 46.2. The molecule has 0 aliphatic rings. The van der Waals surface area contributed by atoms with Crippen LogP contribution in [0.2, 0.25) is 0 Å². The van der Waals surface area contributed by atoms with E-state index >= 15 is 0 Å². The normalized spacial score (nSPS) is 11.5. The molecule has 1 heterocycles. The quantitative estimate of drug-likeness (QED) is 0.311. The highest BCUT2D eigenvalue weighted by atomic mass is 19.4. The number of ether oxygens (including phenoxy) is 1. The molecular weight excluding hydrogens is 429 g/mol. The molecule has 176 valence electrons. The van der Waals surface area contributed by atoms with Crippen molar-refractivity contribution in [1.29, 1.82) is 0 Å². The number of benzene rings is 2. The van der Waals surface area contributed by atoms with E-state index in [-0.39, 0.29) is 11.8 Å². The van der Waals surface area contributed by atoms with E-state index in [1.165, 1.54) is 0 Å². The van der Waals surface area contributed by atoms with Gasteiger partial charge in [0, 0.05) is 17.6 Å². The monoisotopic (exact) mass is 458 g/mol. The lowest BCUT2D eigenvalue weighted by molar-refractivity contribution is -0.137. The van der Waals surface area contributed by atoms with Crippen molar-refractivity contribution in [2.24, 2.45) is 5.92 Å². The Kier molecular flexibility index (Phi) is 8.14. The standard InChI is InChI=1S/C25H29F3N4O/c1-4-5-14-33-21-12-10-20(11-13-21)31-24-29-16-22(25(26,27)28)23(32-24)30-19-8-6-18(7-9-19)15-17(2)3/h6-13,16-17H,4-5,14-15H2,1-3H3,(H2,29,30,31,32). The van der Waals surface area contributed by atoms with E-state index in [4.69, 9.17) is 4.74 Å². The SMILES string of the molecule is CCCCOc1ccc(Nc2ncc(C(F)(F)F)c(Nc3ccc(CC(C)C)cc3)n2)cc1. The van der Waals surface area contributed by atoms with Crippen LogP contribution in [0.1, 0.15) is 44.7 Å². The summed E-state index contributed by atoms with van der Waals surface area (Å²) in [6, 6.07) is 14.4. The molecule has 1 aromatic heterocycles. The van der Waals surface area contributed by atoms with Crippen LogP contribution in [0.3, 0.4) is 0 Å². The van der Waals surface area contributed by atoms with Gasteiger partial charge in [0.25, 0.3) is 0 Å². The van der Waals surface area contributed by atoms with Gasteiger partial charge < -0.3 is 15.4 Å². The zero-order chi connectivity index (χ0) is 23.8. The van der Waals surface area contributed by atoms with Crippen molar-refractivity contribution in [1.82, 2.24) is 9.97 Å². The van der Waals surface area contributed by atoms with E-state index in [1.807, 2.05) is 12.1 Å². The largest absolute Gasteiger partial charge is 0.494 e. The van der Waals surface area contributed by atoms with Gasteiger partial charge in [-0.15, -0.1) is 0 Å². The Morgan fingerprint density at radius 3 is 2.18 bits per heavy atom. The van der Waals surface area contributed by atoms with Crippen molar-refractivity contribution in [3.8, 4) is 5.75 Å². The third-order valence-electron chi connectivity index (χ3n) is 4.83. The minimum atomic E-state index is -4.59. The van der Waals surface area contributed by atoms with Gasteiger partial charge in [-0.1, -0.05) is 39.3 Å². The number of hydrogen-bond acceptors (Lipinski definition) is 5. The molecule has 0 saturated heterocycles. The van der Waals surface area contributed by atoms with E-state index in [2.05, 4.69) is 41.4 Å². The van der Waals surface area contributed by atoms with Crippen LogP contribution in [-0.2, 0) is 12.6 Å². The molecule has 0 radical (unpaired) electrons. The second kappa shape index (κ2) is 11.0. The van der Waals surface area contributed by atoms with E-state index in [0.717, 1.165) is 36.8 Å². The molecule has 0 aliphatic carbocycles. The lowest BCUT2D eigenvalue weighted by Gasteiger charge is -2.15. The molecule has 0 bridgehead atoms. The fourth-order valence-electron chi connectivity index (χ4n) is 3.18. The molecule has 8 heteroatoms. The summed E-state index contributed by atoms with van der Waals surface area (Å²) in [5.41, 5.74) is 1.35. The third-order valence-corrected chi connectivity index (χ3v) is 4.83. The fourth-order valence-corrected chi connectivity index (χ4v) is 3.18. The van der Waals surface area contributed by atoms with Crippen LogP contribution in [0.5, 0.6) is 5.75 Å². The van der Waals surface area contributed by atoms with Crippen molar-refractivity contribution in [2.45, 2.75) is 46.2 Å². The number of rotatable bonds is 10. The maximum absolute atomic E-state index is 13.5. The summed E-state index contributed by atoms with van der Waals surface area (Å²) in [5, 5.41) is 5.74. The number of unbranched alkanes of at least 4 members (excludes halogenated alkanes) is 1. The van der Waals surface area contributed by atoms with Gasteiger partial charge in [0.05, 0.1) is 6.61 Å². The molecule has 0 aliphatic heterocycles. The average molecular weight is 459 g/mol. The zero-order valence-corrected chi connectivity index (χ0v) is 19.0. The smallest absolute Gasteiger partial charge is 0.421 e. The summed E-state index contributed by atoms with van der Waals surface area (Å²) in [5.74, 6) is 0.969. The molecule has 0 fully saturated rings. The Labute approximate surface area is 192 Å². The fraction of sp³-hybridized carbons (Fsp3) is 0.360. The first kappa shape index (κ1) is 24.4. The molecule has 0 saturated carbocycles. The number of hydrogen-bond donors (Lipinski definition) is 2. The summed E-state index contributed by atoms with van der Waals surface area (Å²) in [7, 11) is 0. The second-order valence-electron chi connectivity index (χ2n) is 8.22. The Hall–Kier alpha value is -3.29. The van der Waals surface area contributed by atoms with Gasteiger partial charge >= 0.3 is 6.18 Å². The van der Waals surface area contributed by atoms with Crippen LogP contribution in [0.4, 0.5) is 36.3 Å². The minimum absolute atomic E-state index is 0.0570. The molecule has 0 atom stereocenters. The van der Waals surface area contributed by atoms with Gasteiger partial charge in [0.1, 0.15) is 17.1 Å². The first-order valence-electron chi connectivity index (χ1n) is 11.0. The molecule has 0 unspecified atom stereocenters. The predicted octanol–water partition coefficient (Wildman–Crippen LogP) is 7.36. The number of halogens is 3. The molecule has 5 nitrogen and oxygen atoms in total. The Bertz CT molecular complexity index is 1020. The third kappa shape index (κ3) is 7.37. The highest BCUT2D eigenvalue weighted by Crippen LogP contribution is 2.35. The number of nitrogens with zero attached hydrogens (tertiary/aromatic N) is 2. The molecular formula is C25H29F3N4O. The van der Waals surface area contributed by atoms with Gasteiger partial charge in [0.2, 0.25) is 5.95 Å². The average Bonchev–Trinajstić information content (AvgIpc) is 2.75. The van der Waals surface area contributed by atoms with Gasteiger partial charge in [-0.25, -0.2) is 4.98 Å². The van der Waals surface area contributed by atoms with Crippen LogP contribution < -0.4 is 15.4 Å². The van der Waals surface area contributed by atoms with Crippen LogP contribution in [0, 0.1) is 5.92 Å². The Balaban J connectivity index is 1.77. The van der Waals surface area contributed by atoms with E-state index < -0.39 is 11.7 Å². The zero-order valence-electron chi connectivity index (χ0n) is 19.0. The summed E-state index contributed by atoms with van der Waals surface area (Å²) in [6.07, 6.45) is -0.889. The van der Waals surface area contributed by atoms with Gasteiger partial charge in [-0.3, -0.25) is 0 Å². The molecule has 3 rings (SSSR count). The van der Waals surface area contributed by atoms with E-state index in [1.54, 1.807) is 36.4 Å². The molecule has 2 N–H and O–H groups in total. The molecule has 0 amide bonds. The van der Waals surface area contributed by atoms with Gasteiger partial charge in [-0.05, 0) is 60.7 Å². The maximum Gasteiger partial charge on any atom is 0.421 e. The van der Waals surface area contributed by atoms with Crippen LogP contribution >= 0.6 is 0 Å². The highest BCUT2D eigenvalue weighted by molar-refractivity contribution is 5.63. The molecule has 0 spiro atoms. The lowest BCUT2D eigenvalue weighted by Crippen LogP contribution is -2.12. The van der Waals surface area contributed by atoms with E-state index in [0.29, 0.717) is 23.9 Å². The second-order valence-corrected chi connectivity index (χ2v) is 8.22. The van der Waals surface area contributed by atoms with Gasteiger partial charge in [-0.2, -0.15) is 18.2 Å². The first-order valence-corrected chi connectivity index (χ1v) is 11.0. The van der Waals surface area contributed by atoms with Crippen LogP contribution in [0.25, 0.3) is 0 Å². The topological polar surface area (TPSA) is 59.1 Å². The van der Waals surface area contributed by atoms with Gasteiger partial charge in [0.15, 0.2) is 0 Å². The minimum Gasteiger partial charge on any atom is -0.494 e. The van der Waals surface area contributed by atoms with Crippen LogP contribution in [0.15, 0.2) is 54.7 Å².